The van der Waals surface area contributed by atoms with Crippen LogP contribution in [0.3, 0.4) is 0 Å². The Balaban J connectivity index is 2.28. The molecule has 1 aliphatic carbocycles. The van der Waals surface area contributed by atoms with Crippen molar-refractivity contribution in [2.75, 3.05) is 0 Å². The zero-order valence-electron chi connectivity index (χ0n) is 8.17. The highest BCUT2D eigenvalue weighted by molar-refractivity contribution is 5.23. The lowest BCUT2D eigenvalue weighted by molar-refractivity contribution is -0.000881. The maximum Gasteiger partial charge on any atom is 0.123 e. The van der Waals surface area contributed by atoms with Gasteiger partial charge in [0, 0.05) is 0 Å². The Bertz CT molecular complexity index is 316. The molecule has 0 spiro atoms. The minimum Gasteiger partial charge on any atom is -0.385 e. The van der Waals surface area contributed by atoms with Gasteiger partial charge in [0.25, 0.3) is 0 Å². The Labute approximate surface area is 83.6 Å². The Morgan fingerprint density at radius 3 is 2.50 bits per heavy atom. The van der Waals surface area contributed by atoms with E-state index < -0.39 is 5.60 Å². The summed E-state index contributed by atoms with van der Waals surface area (Å²) < 4.78 is 13.0. The van der Waals surface area contributed by atoms with E-state index in [1.165, 1.54) is 18.6 Å². The average Bonchev–Trinajstić information content (AvgIpc) is 2.19. The Morgan fingerprint density at radius 1 is 1.14 bits per heavy atom. The molecule has 2 heteroatoms. The van der Waals surface area contributed by atoms with Gasteiger partial charge in [0.05, 0.1) is 5.60 Å². The van der Waals surface area contributed by atoms with Crippen LogP contribution < -0.4 is 0 Å². The molecule has 0 radical (unpaired) electrons. The van der Waals surface area contributed by atoms with Crippen molar-refractivity contribution in [3.63, 3.8) is 0 Å². The first kappa shape index (κ1) is 9.66. The molecule has 0 aromatic heterocycles. The summed E-state index contributed by atoms with van der Waals surface area (Å²) in [5.41, 5.74) is -0.0439. The molecular formula is C12H15FO. The number of benzene rings is 1. The summed E-state index contributed by atoms with van der Waals surface area (Å²) in [5.74, 6) is -0.263. The average molecular weight is 194 g/mol. The molecule has 2 rings (SSSR count). The second-order valence-corrected chi connectivity index (χ2v) is 4.10. The van der Waals surface area contributed by atoms with Crippen molar-refractivity contribution in [1.29, 1.82) is 0 Å². The standard InChI is InChI=1S/C12H15FO/c13-11-6-4-5-10(9-11)12(14)7-2-1-3-8-12/h4-6,9,14H,1-3,7-8H2. The van der Waals surface area contributed by atoms with Crippen molar-refractivity contribution >= 4 is 0 Å². The summed E-state index contributed by atoms with van der Waals surface area (Å²) in [7, 11) is 0. The van der Waals surface area contributed by atoms with Crippen LogP contribution in [0.15, 0.2) is 24.3 Å². The lowest BCUT2D eigenvalue weighted by Crippen LogP contribution is -2.28. The molecule has 1 aromatic carbocycles. The van der Waals surface area contributed by atoms with Crippen LogP contribution in [0.1, 0.15) is 37.7 Å². The minimum absolute atomic E-state index is 0.263. The summed E-state index contributed by atoms with van der Waals surface area (Å²) in [6.45, 7) is 0. The van der Waals surface area contributed by atoms with Gasteiger partial charge >= 0.3 is 0 Å². The van der Waals surface area contributed by atoms with E-state index in [0.717, 1.165) is 31.2 Å². The summed E-state index contributed by atoms with van der Waals surface area (Å²) in [6.07, 6.45) is 4.77. The van der Waals surface area contributed by atoms with Gasteiger partial charge in [-0.25, -0.2) is 4.39 Å². The lowest BCUT2D eigenvalue weighted by Gasteiger charge is -2.32. The van der Waals surface area contributed by atoms with Crippen LogP contribution in [0.25, 0.3) is 0 Å². The molecule has 1 aromatic rings. The normalized spacial score (nSPS) is 20.7. The molecule has 1 nitrogen and oxygen atoms in total. The largest absolute Gasteiger partial charge is 0.385 e. The van der Waals surface area contributed by atoms with Crippen LogP contribution in [0.2, 0.25) is 0 Å². The highest BCUT2D eigenvalue weighted by Crippen LogP contribution is 2.36. The summed E-state index contributed by atoms with van der Waals surface area (Å²) >= 11 is 0. The quantitative estimate of drug-likeness (QED) is 0.728. The second-order valence-electron chi connectivity index (χ2n) is 4.10. The molecule has 14 heavy (non-hydrogen) atoms. The molecule has 1 aliphatic rings. The minimum atomic E-state index is -0.777. The molecular weight excluding hydrogens is 179 g/mol. The number of rotatable bonds is 1. The van der Waals surface area contributed by atoms with E-state index in [1.54, 1.807) is 6.07 Å². The van der Waals surface area contributed by atoms with Crippen LogP contribution >= 0.6 is 0 Å². The fourth-order valence-electron chi connectivity index (χ4n) is 2.20. The molecule has 0 amide bonds. The van der Waals surface area contributed by atoms with Gasteiger partial charge in [-0.15, -0.1) is 0 Å². The lowest BCUT2D eigenvalue weighted by atomic mass is 9.80. The summed E-state index contributed by atoms with van der Waals surface area (Å²) in [6, 6.07) is 6.34. The zero-order valence-corrected chi connectivity index (χ0v) is 8.17. The van der Waals surface area contributed by atoms with Crippen LogP contribution in [0.5, 0.6) is 0 Å². The number of hydrogen-bond donors (Lipinski definition) is 1. The van der Waals surface area contributed by atoms with Gasteiger partial charge in [-0.05, 0) is 30.5 Å². The molecule has 1 fully saturated rings. The first-order valence-electron chi connectivity index (χ1n) is 5.19. The van der Waals surface area contributed by atoms with E-state index in [2.05, 4.69) is 0 Å². The summed E-state index contributed by atoms with van der Waals surface area (Å²) in [4.78, 5) is 0. The van der Waals surface area contributed by atoms with Gasteiger partial charge in [-0.2, -0.15) is 0 Å². The third-order valence-corrected chi connectivity index (χ3v) is 3.04. The SMILES string of the molecule is OC1(c2cccc(F)c2)CCCCC1. The molecule has 1 N–H and O–H groups in total. The van der Waals surface area contributed by atoms with E-state index in [1.807, 2.05) is 6.07 Å². The van der Waals surface area contributed by atoms with E-state index in [0.29, 0.717) is 0 Å². The second kappa shape index (κ2) is 3.70. The molecule has 0 bridgehead atoms. The van der Waals surface area contributed by atoms with Gasteiger partial charge in [-0.3, -0.25) is 0 Å². The highest BCUT2D eigenvalue weighted by Gasteiger charge is 2.31. The van der Waals surface area contributed by atoms with E-state index in [9.17, 15) is 9.50 Å². The van der Waals surface area contributed by atoms with Crippen LogP contribution in [0.4, 0.5) is 4.39 Å². The number of halogens is 1. The third-order valence-electron chi connectivity index (χ3n) is 3.04. The zero-order chi connectivity index (χ0) is 10.0. The number of aliphatic hydroxyl groups is 1. The first-order chi connectivity index (χ1) is 6.71. The maximum atomic E-state index is 13.0. The van der Waals surface area contributed by atoms with Gasteiger partial charge in [-0.1, -0.05) is 31.4 Å². The predicted octanol–water partition coefficient (Wildman–Crippen LogP) is 2.98. The fraction of sp³-hybridized carbons (Fsp3) is 0.500. The fourth-order valence-corrected chi connectivity index (χ4v) is 2.20. The van der Waals surface area contributed by atoms with E-state index >= 15 is 0 Å². The predicted molar refractivity (Wildman–Crippen MR) is 53.4 cm³/mol. The maximum absolute atomic E-state index is 13.0. The van der Waals surface area contributed by atoms with Crippen molar-refractivity contribution in [3.05, 3.63) is 35.6 Å². The van der Waals surface area contributed by atoms with Crippen LogP contribution in [-0.4, -0.2) is 5.11 Å². The van der Waals surface area contributed by atoms with Crippen molar-refractivity contribution < 1.29 is 9.50 Å². The smallest absolute Gasteiger partial charge is 0.123 e. The molecule has 0 atom stereocenters. The van der Waals surface area contributed by atoms with Crippen molar-refractivity contribution in [3.8, 4) is 0 Å². The Kier molecular flexibility index (Phi) is 2.55. The molecule has 0 unspecified atom stereocenters. The van der Waals surface area contributed by atoms with Crippen LogP contribution in [-0.2, 0) is 5.60 Å². The van der Waals surface area contributed by atoms with Crippen LogP contribution in [0, 0.1) is 5.82 Å². The van der Waals surface area contributed by atoms with Gasteiger partial charge in [0.1, 0.15) is 5.82 Å². The summed E-state index contributed by atoms with van der Waals surface area (Å²) in [5, 5.41) is 10.3. The topological polar surface area (TPSA) is 20.2 Å². The molecule has 0 saturated heterocycles. The first-order valence-corrected chi connectivity index (χ1v) is 5.19. The van der Waals surface area contributed by atoms with Crippen molar-refractivity contribution in [1.82, 2.24) is 0 Å². The molecule has 76 valence electrons. The third kappa shape index (κ3) is 1.80. The van der Waals surface area contributed by atoms with E-state index in [4.69, 9.17) is 0 Å². The van der Waals surface area contributed by atoms with Crippen molar-refractivity contribution in [2.24, 2.45) is 0 Å². The van der Waals surface area contributed by atoms with E-state index in [-0.39, 0.29) is 5.82 Å². The monoisotopic (exact) mass is 194 g/mol. The Morgan fingerprint density at radius 2 is 1.86 bits per heavy atom. The molecule has 1 saturated carbocycles. The molecule has 0 aliphatic heterocycles. The Hall–Kier alpha value is -0.890. The highest BCUT2D eigenvalue weighted by atomic mass is 19.1. The molecule has 0 heterocycles. The van der Waals surface area contributed by atoms with Gasteiger partial charge < -0.3 is 5.11 Å². The van der Waals surface area contributed by atoms with Crippen molar-refractivity contribution in [2.45, 2.75) is 37.7 Å². The van der Waals surface area contributed by atoms with Gasteiger partial charge in [0.15, 0.2) is 0 Å². The number of hydrogen-bond acceptors (Lipinski definition) is 1. The van der Waals surface area contributed by atoms with Gasteiger partial charge in [0.2, 0.25) is 0 Å².